The van der Waals surface area contributed by atoms with Gasteiger partial charge in [-0.3, -0.25) is 4.79 Å². The Bertz CT molecular complexity index is 1340. The number of aromatic amines is 1. The number of rotatable bonds is 8. The molecule has 8 heteroatoms. The number of ether oxygens (including phenoxy) is 2. The van der Waals surface area contributed by atoms with Crippen LogP contribution in [0.2, 0.25) is 0 Å². The highest BCUT2D eigenvalue weighted by Crippen LogP contribution is 2.60. The smallest absolute Gasteiger partial charge is 0.291 e. The van der Waals surface area contributed by atoms with Crippen molar-refractivity contribution in [2.75, 3.05) is 32.8 Å². The van der Waals surface area contributed by atoms with Crippen LogP contribution >= 0.6 is 0 Å². The molecule has 0 radical (unpaired) electrons. The molecular formula is C31H38N4O4. The quantitative estimate of drug-likeness (QED) is 0.397. The van der Waals surface area contributed by atoms with Crippen molar-refractivity contribution >= 4 is 17.2 Å². The number of allylic oxidation sites excluding steroid dienone is 2. The maximum Gasteiger partial charge on any atom is 0.291 e. The molecule has 1 unspecified atom stereocenters. The normalized spacial score (nSPS) is 29.1. The van der Waals surface area contributed by atoms with E-state index < -0.39 is 11.5 Å². The Morgan fingerprint density at radius 2 is 1.85 bits per heavy atom. The van der Waals surface area contributed by atoms with Crippen LogP contribution in [-0.4, -0.2) is 48.4 Å². The lowest BCUT2D eigenvalue weighted by atomic mass is 9.60. The molecule has 206 valence electrons. The number of carbonyl (C=O) groups excluding carboxylic acids is 1. The third kappa shape index (κ3) is 5.31. The highest BCUT2D eigenvalue weighted by atomic mass is 16.5. The molecular weight excluding hydrogens is 492 g/mol. The third-order valence-electron chi connectivity index (χ3n) is 8.68. The van der Waals surface area contributed by atoms with Gasteiger partial charge in [0.05, 0.1) is 25.0 Å². The SMILES string of the molecule is COC[C@@]12C=C[C@@](COC)(CC(O)(c3ccc(NC(=O)c4ncc(C#N)[nH]4)c(C4=CCC(C)(C)CC4)c3)C1)C2. The number of nitriles is 1. The Labute approximate surface area is 230 Å². The van der Waals surface area contributed by atoms with Crippen molar-refractivity contribution < 1.29 is 19.4 Å². The van der Waals surface area contributed by atoms with E-state index in [0.29, 0.717) is 31.7 Å². The molecule has 2 bridgehead atoms. The van der Waals surface area contributed by atoms with Gasteiger partial charge in [-0.05, 0) is 67.2 Å². The minimum absolute atomic E-state index is 0.0805. The Balaban J connectivity index is 1.53. The van der Waals surface area contributed by atoms with Crippen LogP contribution in [0.15, 0.2) is 42.6 Å². The summed E-state index contributed by atoms with van der Waals surface area (Å²) >= 11 is 0. The molecule has 1 aromatic heterocycles. The number of aliphatic hydroxyl groups is 1. The third-order valence-corrected chi connectivity index (χ3v) is 8.68. The van der Waals surface area contributed by atoms with Gasteiger partial charge in [-0.1, -0.05) is 38.1 Å². The number of methoxy groups -OCH3 is 2. The van der Waals surface area contributed by atoms with Gasteiger partial charge in [-0.2, -0.15) is 5.26 Å². The number of benzene rings is 1. The van der Waals surface area contributed by atoms with Crippen LogP contribution in [0.25, 0.3) is 5.57 Å². The minimum atomic E-state index is -1.09. The van der Waals surface area contributed by atoms with Crippen molar-refractivity contribution in [3.8, 4) is 6.07 Å². The summed E-state index contributed by atoms with van der Waals surface area (Å²) < 4.78 is 11.2. The first kappa shape index (κ1) is 27.3. The molecule has 1 amide bonds. The van der Waals surface area contributed by atoms with Crippen molar-refractivity contribution in [2.45, 2.75) is 58.0 Å². The monoisotopic (exact) mass is 530 g/mol. The molecule has 3 aliphatic rings. The van der Waals surface area contributed by atoms with Crippen LogP contribution in [0.1, 0.15) is 79.8 Å². The van der Waals surface area contributed by atoms with Crippen LogP contribution in [0.4, 0.5) is 5.69 Å². The second kappa shape index (κ2) is 10.1. The predicted molar refractivity (Wildman–Crippen MR) is 149 cm³/mol. The van der Waals surface area contributed by atoms with Gasteiger partial charge in [-0.25, -0.2) is 4.98 Å². The lowest BCUT2D eigenvalue weighted by molar-refractivity contribution is -0.104. The van der Waals surface area contributed by atoms with Crippen molar-refractivity contribution in [3.05, 3.63) is 65.3 Å². The van der Waals surface area contributed by atoms with E-state index >= 15 is 0 Å². The fourth-order valence-electron chi connectivity index (χ4n) is 6.93. The predicted octanol–water partition coefficient (Wildman–Crippen LogP) is 5.33. The molecule has 2 aromatic rings. The molecule has 0 aliphatic heterocycles. The Kier molecular flexibility index (Phi) is 7.04. The fourth-order valence-corrected chi connectivity index (χ4v) is 6.93. The number of hydrogen-bond donors (Lipinski definition) is 3. The first-order valence-electron chi connectivity index (χ1n) is 13.6. The van der Waals surface area contributed by atoms with Gasteiger partial charge < -0.3 is 24.9 Å². The lowest BCUT2D eigenvalue weighted by Gasteiger charge is -2.48. The zero-order valence-corrected chi connectivity index (χ0v) is 23.3. The summed E-state index contributed by atoms with van der Waals surface area (Å²) in [6.45, 7) is 5.60. The number of anilines is 1. The standard InChI is InChI=1S/C31H38N4O4/c1-28(2)9-7-21(8-10-28)24-13-22(5-6-25(24)35-27(36)26-33-15-23(14-32)34-26)31(37)17-29(19-38-3)11-12-30(16-29,18-31)20-39-4/h5-7,11-13,15,37H,8-10,16-20H2,1-4H3,(H,33,34)(H,35,36)/t29-,30+,31?. The summed E-state index contributed by atoms with van der Waals surface area (Å²) in [7, 11) is 3.41. The van der Waals surface area contributed by atoms with E-state index in [1.807, 2.05) is 24.3 Å². The molecule has 1 aromatic carbocycles. The average molecular weight is 531 g/mol. The summed E-state index contributed by atoms with van der Waals surface area (Å²) in [5.74, 6) is -0.337. The van der Waals surface area contributed by atoms with Crippen LogP contribution in [0, 0.1) is 27.6 Å². The van der Waals surface area contributed by atoms with E-state index in [9.17, 15) is 9.90 Å². The van der Waals surface area contributed by atoms with Crippen LogP contribution in [0.3, 0.4) is 0 Å². The Morgan fingerprint density at radius 3 is 2.41 bits per heavy atom. The molecule has 1 fully saturated rings. The van der Waals surface area contributed by atoms with E-state index in [2.05, 4.69) is 47.4 Å². The van der Waals surface area contributed by atoms with Gasteiger partial charge >= 0.3 is 0 Å². The largest absolute Gasteiger partial charge is 0.385 e. The molecule has 39 heavy (non-hydrogen) atoms. The number of aromatic nitrogens is 2. The number of amides is 1. The molecule has 0 spiro atoms. The second-order valence-corrected chi connectivity index (χ2v) is 12.6. The van der Waals surface area contributed by atoms with Crippen LogP contribution in [-0.2, 0) is 15.1 Å². The van der Waals surface area contributed by atoms with Gasteiger partial charge in [0, 0.05) is 36.3 Å². The van der Waals surface area contributed by atoms with Crippen molar-refractivity contribution in [2.24, 2.45) is 16.2 Å². The minimum Gasteiger partial charge on any atom is -0.385 e. The van der Waals surface area contributed by atoms with Crippen molar-refractivity contribution in [1.82, 2.24) is 9.97 Å². The van der Waals surface area contributed by atoms with Gasteiger partial charge in [0.2, 0.25) is 0 Å². The topological polar surface area (TPSA) is 120 Å². The first-order valence-corrected chi connectivity index (χ1v) is 13.6. The highest BCUT2D eigenvalue weighted by Gasteiger charge is 2.56. The molecule has 0 saturated heterocycles. The fraction of sp³-hybridized carbons (Fsp3) is 0.516. The zero-order chi connectivity index (χ0) is 27.9. The maximum absolute atomic E-state index is 13.0. The molecule has 1 saturated carbocycles. The van der Waals surface area contributed by atoms with E-state index in [1.165, 1.54) is 6.20 Å². The number of hydrogen-bond acceptors (Lipinski definition) is 6. The molecule has 3 atom stereocenters. The Morgan fingerprint density at radius 1 is 1.15 bits per heavy atom. The summed E-state index contributed by atoms with van der Waals surface area (Å²) in [6, 6.07) is 7.81. The molecule has 1 heterocycles. The maximum atomic E-state index is 13.0. The van der Waals surface area contributed by atoms with E-state index in [-0.39, 0.29) is 27.8 Å². The summed E-state index contributed by atoms with van der Waals surface area (Å²) in [4.78, 5) is 19.8. The molecule has 3 aliphatic carbocycles. The van der Waals surface area contributed by atoms with Gasteiger partial charge in [0.15, 0.2) is 5.82 Å². The number of carbonyl (C=O) groups is 1. The van der Waals surface area contributed by atoms with Crippen LogP contribution < -0.4 is 5.32 Å². The number of nitrogens with zero attached hydrogens (tertiary/aromatic N) is 2. The van der Waals surface area contributed by atoms with Crippen LogP contribution in [0.5, 0.6) is 0 Å². The summed E-state index contributed by atoms with van der Waals surface area (Å²) in [6.07, 6.45) is 12.9. The van der Waals surface area contributed by atoms with Gasteiger partial charge in [-0.15, -0.1) is 0 Å². The van der Waals surface area contributed by atoms with Gasteiger partial charge in [0.25, 0.3) is 5.91 Å². The molecule has 8 nitrogen and oxygen atoms in total. The number of imidazole rings is 1. The van der Waals surface area contributed by atoms with E-state index in [0.717, 1.165) is 42.4 Å². The first-order chi connectivity index (χ1) is 18.5. The van der Waals surface area contributed by atoms with Crippen molar-refractivity contribution in [3.63, 3.8) is 0 Å². The number of fused-ring (bicyclic) bond motifs is 2. The lowest BCUT2D eigenvalue weighted by Crippen LogP contribution is -2.47. The molecule has 3 N–H and O–H groups in total. The van der Waals surface area contributed by atoms with Crippen molar-refractivity contribution in [1.29, 1.82) is 5.26 Å². The highest BCUT2D eigenvalue weighted by molar-refractivity contribution is 6.03. The van der Waals surface area contributed by atoms with E-state index in [4.69, 9.17) is 14.7 Å². The summed E-state index contributed by atoms with van der Waals surface area (Å²) in [5.41, 5.74) is 2.37. The molecule has 5 rings (SSSR count). The Hall–Kier alpha value is -3.25. The summed E-state index contributed by atoms with van der Waals surface area (Å²) in [5, 5.41) is 24.4. The zero-order valence-electron chi connectivity index (χ0n) is 23.3. The van der Waals surface area contributed by atoms with E-state index in [1.54, 1.807) is 14.2 Å². The number of H-pyrrole nitrogens is 1. The van der Waals surface area contributed by atoms with Gasteiger partial charge in [0.1, 0.15) is 11.8 Å². The number of nitrogens with one attached hydrogen (secondary N) is 2. The average Bonchev–Trinajstić information content (AvgIpc) is 3.47. The second-order valence-electron chi connectivity index (χ2n) is 12.6.